The number of thiophene rings is 1. The van der Waals surface area contributed by atoms with Gasteiger partial charge in [-0.2, -0.15) is 0 Å². The molecule has 0 fully saturated rings. The second kappa shape index (κ2) is 8.44. The highest BCUT2D eigenvalue weighted by Crippen LogP contribution is 2.29. The first kappa shape index (κ1) is 20.5. The molecule has 0 aliphatic heterocycles. The maximum absolute atomic E-state index is 12.6. The number of hydrogen-bond acceptors (Lipinski definition) is 8. The van der Waals surface area contributed by atoms with Crippen LogP contribution in [0, 0.1) is 6.92 Å². The number of nitrogens with zero attached hydrogens (tertiary/aromatic N) is 1. The lowest BCUT2D eigenvalue weighted by molar-refractivity contribution is 0.0319. The molecule has 1 N–H and O–H groups in total. The molecule has 0 saturated heterocycles. The Morgan fingerprint density at radius 3 is 2.72 bits per heavy atom. The van der Waals surface area contributed by atoms with Crippen LogP contribution in [0.25, 0.3) is 10.2 Å². The van der Waals surface area contributed by atoms with E-state index >= 15 is 0 Å². The van der Waals surface area contributed by atoms with Crippen molar-refractivity contribution in [2.45, 2.75) is 26.9 Å². The van der Waals surface area contributed by atoms with Crippen molar-refractivity contribution in [3.63, 3.8) is 0 Å². The van der Waals surface area contributed by atoms with Gasteiger partial charge < -0.3 is 19.2 Å². The van der Waals surface area contributed by atoms with Crippen LogP contribution in [0.2, 0.25) is 0 Å². The van der Waals surface area contributed by atoms with Gasteiger partial charge in [-0.3, -0.25) is 4.79 Å². The average molecular weight is 416 g/mol. The van der Waals surface area contributed by atoms with Crippen LogP contribution in [0.1, 0.15) is 51.4 Å². The molecule has 0 spiro atoms. The molecule has 0 bridgehead atoms. The number of aromatic amines is 1. The number of aryl methyl sites for hydroxylation is 1. The highest BCUT2D eigenvalue weighted by atomic mass is 32.1. The molecule has 2 aromatic heterocycles. The third kappa shape index (κ3) is 4.14. The number of aromatic nitrogens is 2. The third-order valence-corrected chi connectivity index (χ3v) is 5.42. The number of fused-ring (bicyclic) bond motifs is 1. The SMILES string of the molecule is CCOC(=O)c1sc2nc([C@H](C)OC(=O)c3cccc(OC)c3)[nH]c(=O)c2c1C. The van der Waals surface area contributed by atoms with Gasteiger partial charge in [0.15, 0.2) is 11.9 Å². The van der Waals surface area contributed by atoms with Crippen LogP contribution in [0.3, 0.4) is 0 Å². The van der Waals surface area contributed by atoms with Crippen molar-refractivity contribution in [1.29, 1.82) is 0 Å². The molecule has 0 saturated carbocycles. The Kier molecular flexibility index (Phi) is 5.97. The molecule has 0 aliphatic carbocycles. The second-order valence-corrected chi connectivity index (χ2v) is 7.19. The van der Waals surface area contributed by atoms with Crippen LogP contribution in [0.4, 0.5) is 0 Å². The zero-order valence-corrected chi connectivity index (χ0v) is 17.2. The summed E-state index contributed by atoms with van der Waals surface area (Å²) in [4.78, 5) is 44.8. The molecule has 8 nitrogen and oxygen atoms in total. The molecule has 0 unspecified atom stereocenters. The molecule has 1 aromatic carbocycles. The molecule has 3 aromatic rings. The Labute approximate surface area is 170 Å². The first-order valence-corrected chi connectivity index (χ1v) is 9.72. The lowest BCUT2D eigenvalue weighted by Crippen LogP contribution is -2.17. The number of esters is 2. The van der Waals surface area contributed by atoms with Gasteiger partial charge in [0.2, 0.25) is 0 Å². The summed E-state index contributed by atoms with van der Waals surface area (Å²) in [6.07, 6.45) is -0.806. The summed E-state index contributed by atoms with van der Waals surface area (Å²) >= 11 is 1.08. The summed E-state index contributed by atoms with van der Waals surface area (Å²) < 4.78 is 15.6. The number of carbonyl (C=O) groups excluding carboxylic acids is 2. The minimum absolute atomic E-state index is 0.190. The number of benzene rings is 1. The van der Waals surface area contributed by atoms with Crippen molar-refractivity contribution in [3.8, 4) is 5.75 Å². The van der Waals surface area contributed by atoms with Crippen molar-refractivity contribution < 1.29 is 23.8 Å². The molecule has 1 atom stereocenters. The Bertz CT molecular complexity index is 1130. The summed E-state index contributed by atoms with van der Waals surface area (Å²) in [7, 11) is 1.50. The fourth-order valence-electron chi connectivity index (χ4n) is 2.78. The van der Waals surface area contributed by atoms with E-state index in [9.17, 15) is 14.4 Å². The van der Waals surface area contributed by atoms with E-state index in [0.717, 1.165) is 11.3 Å². The van der Waals surface area contributed by atoms with Crippen molar-refractivity contribution in [2.24, 2.45) is 0 Å². The van der Waals surface area contributed by atoms with Crippen LogP contribution < -0.4 is 10.3 Å². The van der Waals surface area contributed by atoms with E-state index in [1.807, 2.05) is 0 Å². The van der Waals surface area contributed by atoms with Gasteiger partial charge in [-0.1, -0.05) is 6.07 Å². The van der Waals surface area contributed by atoms with Gasteiger partial charge in [-0.05, 0) is 44.5 Å². The lowest BCUT2D eigenvalue weighted by atomic mass is 10.2. The fraction of sp³-hybridized carbons (Fsp3) is 0.300. The minimum Gasteiger partial charge on any atom is -0.497 e. The molecule has 2 heterocycles. The maximum atomic E-state index is 12.6. The van der Waals surface area contributed by atoms with Crippen molar-refractivity contribution in [3.05, 3.63) is 56.4 Å². The summed E-state index contributed by atoms with van der Waals surface area (Å²) in [6, 6.07) is 6.55. The Balaban J connectivity index is 1.90. The Morgan fingerprint density at radius 1 is 1.28 bits per heavy atom. The van der Waals surface area contributed by atoms with Gasteiger partial charge in [0, 0.05) is 0 Å². The van der Waals surface area contributed by atoms with E-state index in [0.29, 0.717) is 32.0 Å². The van der Waals surface area contributed by atoms with Crippen molar-refractivity contribution in [2.75, 3.05) is 13.7 Å². The first-order valence-electron chi connectivity index (χ1n) is 8.91. The van der Waals surface area contributed by atoms with E-state index in [1.165, 1.54) is 7.11 Å². The number of ether oxygens (including phenoxy) is 3. The van der Waals surface area contributed by atoms with Crippen LogP contribution in [-0.4, -0.2) is 35.6 Å². The van der Waals surface area contributed by atoms with E-state index < -0.39 is 23.6 Å². The number of rotatable bonds is 6. The van der Waals surface area contributed by atoms with Gasteiger partial charge in [-0.15, -0.1) is 11.3 Å². The predicted molar refractivity (Wildman–Crippen MR) is 108 cm³/mol. The summed E-state index contributed by atoms with van der Waals surface area (Å²) in [6.45, 7) is 5.23. The number of hydrogen-bond donors (Lipinski definition) is 1. The van der Waals surface area contributed by atoms with Crippen molar-refractivity contribution >= 4 is 33.5 Å². The standard InChI is InChI=1S/C20H20N2O6S/c1-5-27-20(25)15-10(2)14-17(23)21-16(22-18(14)29-15)11(3)28-19(24)12-7-6-8-13(9-12)26-4/h6-9,11H,5H2,1-4H3,(H,21,22,23)/t11-/m0/s1. The number of H-pyrrole nitrogens is 1. The summed E-state index contributed by atoms with van der Waals surface area (Å²) in [5, 5.41) is 0.327. The quantitative estimate of drug-likeness (QED) is 0.614. The lowest BCUT2D eigenvalue weighted by Gasteiger charge is -2.13. The van der Waals surface area contributed by atoms with Gasteiger partial charge >= 0.3 is 11.9 Å². The minimum atomic E-state index is -0.806. The van der Waals surface area contributed by atoms with Crippen LogP contribution >= 0.6 is 11.3 Å². The van der Waals surface area contributed by atoms with E-state index in [-0.39, 0.29) is 12.4 Å². The molecule has 29 heavy (non-hydrogen) atoms. The number of methoxy groups -OCH3 is 1. The summed E-state index contributed by atoms with van der Waals surface area (Å²) in [5.41, 5.74) is 0.430. The van der Waals surface area contributed by atoms with Gasteiger partial charge in [0.1, 0.15) is 15.5 Å². The average Bonchev–Trinajstić information content (AvgIpc) is 3.05. The van der Waals surface area contributed by atoms with Gasteiger partial charge in [0.25, 0.3) is 5.56 Å². The number of carbonyl (C=O) groups is 2. The van der Waals surface area contributed by atoms with Crippen molar-refractivity contribution in [1.82, 2.24) is 9.97 Å². The Hall–Kier alpha value is -3.20. The van der Waals surface area contributed by atoms with E-state index in [2.05, 4.69) is 9.97 Å². The van der Waals surface area contributed by atoms with Gasteiger partial charge in [0.05, 0.1) is 24.7 Å². The normalized spacial score (nSPS) is 11.9. The third-order valence-electron chi connectivity index (χ3n) is 4.25. The largest absolute Gasteiger partial charge is 0.497 e. The topological polar surface area (TPSA) is 108 Å². The van der Waals surface area contributed by atoms with Gasteiger partial charge in [-0.25, -0.2) is 14.6 Å². The first-order chi connectivity index (χ1) is 13.8. The fourth-order valence-corrected chi connectivity index (χ4v) is 3.86. The molecule has 152 valence electrons. The molecule has 0 radical (unpaired) electrons. The Morgan fingerprint density at radius 2 is 2.03 bits per heavy atom. The zero-order valence-electron chi connectivity index (χ0n) is 16.4. The maximum Gasteiger partial charge on any atom is 0.348 e. The predicted octanol–water partition coefficient (Wildman–Crippen LogP) is 3.40. The highest BCUT2D eigenvalue weighted by Gasteiger charge is 2.22. The summed E-state index contributed by atoms with van der Waals surface area (Å²) in [5.74, 6) is -0.351. The molecule has 0 aliphatic rings. The van der Waals surface area contributed by atoms with Crippen LogP contribution in [0.15, 0.2) is 29.1 Å². The van der Waals surface area contributed by atoms with Crippen LogP contribution in [-0.2, 0) is 9.47 Å². The molecule has 0 amide bonds. The van der Waals surface area contributed by atoms with E-state index in [1.54, 1.807) is 45.0 Å². The molecular weight excluding hydrogens is 396 g/mol. The molecular formula is C20H20N2O6S. The molecule has 9 heteroatoms. The highest BCUT2D eigenvalue weighted by molar-refractivity contribution is 7.20. The zero-order chi connectivity index (χ0) is 21.1. The molecule has 3 rings (SSSR count). The van der Waals surface area contributed by atoms with Crippen LogP contribution in [0.5, 0.6) is 5.75 Å². The monoisotopic (exact) mass is 416 g/mol. The second-order valence-electron chi connectivity index (χ2n) is 6.19. The smallest absolute Gasteiger partial charge is 0.348 e. The number of nitrogens with one attached hydrogen (secondary N) is 1. The van der Waals surface area contributed by atoms with E-state index in [4.69, 9.17) is 14.2 Å².